The first-order valence-electron chi connectivity index (χ1n) is 7.09. The van der Waals surface area contributed by atoms with E-state index in [9.17, 15) is 4.79 Å². The Bertz CT molecular complexity index is 224. The molecule has 0 aromatic carbocycles. The summed E-state index contributed by atoms with van der Waals surface area (Å²) in [5.74, 6) is 1.59. The second-order valence-corrected chi connectivity index (χ2v) is 5.47. The molecule has 100 valence electrons. The minimum absolute atomic E-state index is 0.175. The van der Waals surface area contributed by atoms with Crippen molar-refractivity contribution in [1.82, 2.24) is 10.6 Å². The summed E-state index contributed by atoms with van der Waals surface area (Å²) in [5.41, 5.74) is 0. The molecule has 0 aromatic rings. The lowest BCUT2D eigenvalue weighted by molar-refractivity contribution is -0.122. The number of carbonyl (C=O) groups excluding carboxylic acids is 1. The summed E-state index contributed by atoms with van der Waals surface area (Å²) < 4.78 is 0. The minimum atomic E-state index is 0.175. The highest BCUT2D eigenvalue weighted by molar-refractivity contribution is 5.76. The molecule has 0 aromatic heterocycles. The highest BCUT2D eigenvalue weighted by Crippen LogP contribution is 2.31. The Morgan fingerprint density at radius 1 is 1.24 bits per heavy atom. The van der Waals surface area contributed by atoms with E-state index in [1.807, 2.05) is 7.05 Å². The topological polar surface area (TPSA) is 41.1 Å². The van der Waals surface area contributed by atoms with E-state index < -0.39 is 0 Å². The molecular formula is C14H28N2O. The smallest absolute Gasteiger partial charge is 0.221 e. The second kappa shape index (κ2) is 7.70. The number of rotatable bonds is 6. The molecule has 1 rings (SSSR count). The van der Waals surface area contributed by atoms with Crippen LogP contribution in [-0.4, -0.2) is 25.5 Å². The van der Waals surface area contributed by atoms with E-state index in [0.717, 1.165) is 12.5 Å². The molecule has 1 saturated carbocycles. The monoisotopic (exact) mass is 240 g/mol. The Labute approximate surface area is 106 Å². The molecule has 0 saturated heterocycles. The third-order valence-electron chi connectivity index (χ3n) is 4.17. The second-order valence-electron chi connectivity index (χ2n) is 5.47. The molecule has 0 heterocycles. The molecule has 0 bridgehead atoms. The van der Waals surface area contributed by atoms with Crippen molar-refractivity contribution in [3.63, 3.8) is 0 Å². The molecule has 17 heavy (non-hydrogen) atoms. The number of carbonyl (C=O) groups is 1. The summed E-state index contributed by atoms with van der Waals surface area (Å²) in [7, 11) is 1.88. The van der Waals surface area contributed by atoms with Crippen LogP contribution < -0.4 is 10.6 Å². The fraction of sp³-hybridized carbons (Fsp3) is 0.929. The molecule has 3 nitrogen and oxygen atoms in total. The zero-order chi connectivity index (χ0) is 12.7. The van der Waals surface area contributed by atoms with Crippen molar-refractivity contribution in [3.8, 4) is 0 Å². The summed E-state index contributed by atoms with van der Waals surface area (Å²) in [6.45, 7) is 5.20. The van der Waals surface area contributed by atoms with Crippen molar-refractivity contribution < 1.29 is 4.79 Å². The Morgan fingerprint density at radius 3 is 2.47 bits per heavy atom. The van der Waals surface area contributed by atoms with Crippen LogP contribution in [0.4, 0.5) is 0 Å². The third kappa shape index (κ3) is 5.07. The van der Waals surface area contributed by atoms with Gasteiger partial charge in [-0.25, -0.2) is 0 Å². The quantitative estimate of drug-likeness (QED) is 0.748. The molecule has 3 heteroatoms. The highest BCUT2D eigenvalue weighted by Gasteiger charge is 2.25. The summed E-state index contributed by atoms with van der Waals surface area (Å²) in [5, 5.41) is 6.14. The van der Waals surface area contributed by atoms with Gasteiger partial charge in [-0.05, 0) is 25.8 Å². The van der Waals surface area contributed by atoms with Gasteiger partial charge >= 0.3 is 0 Å². The van der Waals surface area contributed by atoms with Crippen molar-refractivity contribution in [2.75, 3.05) is 13.6 Å². The maximum atomic E-state index is 11.6. The lowest BCUT2D eigenvalue weighted by atomic mass is 9.78. The van der Waals surface area contributed by atoms with Gasteiger partial charge in [0, 0.05) is 19.0 Å². The van der Waals surface area contributed by atoms with E-state index in [1.54, 1.807) is 0 Å². The van der Waals surface area contributed by atoms with E-state index in [2.05, 4.69) is 24.5 Å². The Morgan fingerprint density at radius 2 is 1.88 bits per heavy atom. The van der Waals surface area contributed by atoms with E-state index in [4.69, 9.17) is 0 Å². The minimum Gasteiger partial charge on any atom is -0.353 e. The molecule has 0 spiro atoms. The molecule has 2 N–H and O–H groups in total. The van der Waals surface area contributed by atoms with Gasteiger partial charge in [0.25, 0.3) is 0 Å². The van der Waals surface area contributed by atoms with Gasteiger partial charge in [-0.15, -0.1) is 0 Å². The van der Waals surface area contributed by atoms with Crippen LogP contribution in [0.15, 0.2) is 0 Å². The van der Waals surface area contributed by atoms with Gasteiger partial charge < -0.3 is 10.6 Å². The lowest BCUT2D eigenvalue weighted by Gasteiger charge is -2.32. The zero-order valence-electron chi connectivity index (χ0n) is 11.6. The summed E-state index contributed by atoms with van der Waals surface area (Å²) in [6.07, 6.45) is 7.41. The van der Waals surface area contributed by atoms with E-state index in [1.165, 1.54) is 32.1 Å². The highest BCUT2D eigenvalue weighted by atomic mass is 16.1. The molecule has 0 aliphatic heterocycles. The first-order valence-corrected chi connectivity index (χ1v) is 7.09. The van der Waals surface area contributed by atoms with Crippen molar-refractivity contribution in [1.29, 1.82) is 0 Å². The van der Waals surface area contributed by atoms with Crippen molar-refractivity contribution in [3.05, 3.63) is 0 Å². The predicted octanol–water partition coefficient (Wildman–Crippen LogP) is 2.32. The molecule has 1 amide bonds. The predicted molar refractivity (Wildman–Crippen MR) is 71.9 cm³/mol. The number of nitrogens with one attached hydrogen (secondary N) is 2. The Balaban J connectivity index is 2.29. The van der Waals surface area contributed by atoms with Crippen molar-refractivity contribution >= 4 is 5.91 Å². The SMILES string of the molecule is CNCCC(=O)NC(C)C(C)C1CCCCC1. The summed E-state index contributed by atoms with van der Waals surface area (Å²) in [4.78, 5) is 11.6. The number of amides is 1. The average molecular weight is 240 g/mol. The van der Waals surface area contributed by atoms with E-state index in [0.29, 0.717) is 18.4 Å². The van der Waals surface area contributed by atoms with Crippen LogP contribution >= 0.6 is 0 Å². The van der Waals surface area contributed by atoms with Crippen LogP contribution in [0.5, 0.6) is 0 Å². The molecule has 0 radical (unpaired) electrons. The molecule has 1 aliphatic carbocycles. The molecule has 2 atom stereocenters. The first-order chi connectivity index (χ1) is 8.15. The zero-order valence-corrected chi connectivity index (χ0v) is 11.6. The van der Waals surface area contributed by atoms with Gasteiger partial charge in [0.2, 0.25) is 5.91 Å². The largest absolute Gasteiger partial charge is 0.353 e. The van der Waals surface area contributed by atoms with Gasteiger partial charge in [-0.3, -0.25) is 4.79 Å². The van der Waals surface area contributed by atoms with Crippen LogP contribution in [0.25, 0.3) is 0 Å². The fourth-order valence-electron chi connectivity index (χ4n) is 2.76. The third-order valence-corrected chi connectivity index (χ3v) is 4.17. The van der Waals surface area contributed by atoms with E-state index >= 15 is 0 Å². The summed E-state index contributed by atoms with van der Waals surface area (Å²) in [6, 6.07) is 0.308. The van der Waals surface area contributed by atoms with Gasteiger partial charge in [0.15, 0.2) is 0 Å². The number of hydrogen-bond acceptors (Lipinski definition) is 2. The van der Waals surface area contributed by atoms with Gasteiger partial charge in [0.1, 0.15) is 0 Å². The first kappa shape index (κ1) is 14.5. The average Bonchev–Trinajstić information content (AvgIpc) is 2.36. The van der Waals surface area contributed by atoms with Crippen LogP contribution in [0.1, 0.15) is 52.4 Å². The molecule has 2 unspecified atom stereocenters. The maximum Gasteiger partial charge on any atom is 0.221 e. The number of hydrogen-bond donors (Lipinski definition) is 2. The lowest BCUT2D eigenvalue weighted by Crippen LogP contribution is -2.41. The fourth-order valence-corrected chi connectivity index (χ4v) is 2.76. The molecule has 1 aliphatic rings. The summed E-state index contributed by atoms with van der Waals surface area (Å²) >= 11 is 0. The van der Waals surface area contributed by atoms with Gasteiger partial charge in [0.05, 0.1) is 0 Å². The van der Waals surface area contributed by atoms with Gasteiger partial charge in [-0.1, -0.05) is 39.0 Å². The van der Waals surface area contributed by atoms with Gasteiger partial charge in [-0.2, -0.15) is 0 Å². The molecular weight excluding hydrogens is 212 g/mol. The standard InChI is InChI=1S/C14H28N2O/c1-11(13-7-5-4-6-8-13)12(2)16-14(17)9-10-15-3/h11-13,15H,4-10H2,1-3H3,(H,16,17). The van der Waals surface area contributed by atoms with Crippen LogP contribution in [-0.2, 0) is 4.79 Å². The Kier molecular flexibility index (Phi) is 6.56. The van der Waals surface area contributed by atoms with Crippen molar-refractivity contribution in [2.45, 2.75) is 58.4 Å². The maximum absolute atomic E-state index is 11.6. The molecule has 1 fully saturated rings. The van der Waals surface area contributed by atoms with Crippen LogP contribution in [0.2, 0.25) is 0 Å². The van der Waals surface area contributed by atoms with E-state index in [-0.39, 0.29) is 5.91 Å². The van der Waals surface area contributed by atoms with Crippen LogP contribution in [0, 0.1) is 11.8 Å². The Hall–Kier alpha value is -0.570. The van der Waals surface area contributed by atoms with Crippen molar-refractivity contribution in [2.24, 2.45) is 11.8 Å². The van der Waals surface area contributed by atoms with Crippen LogP contribution in [0.3, 0.4) is 0 Å². The normalized spacial score (nSPS) is 20.9.